The van der Waals surface area contributed by atoms with E-state index in [4.69, 9.17) is 0 Å². The first-order chi connectivity index (χ1) is 8.31. The van der Waals surface area contributed by atoms with Crippen molar-refractivity contribution in [2.75, 3.05) is 0 Å². The molecule has 0 heterocycles. The Balaban J connectivity index is 0. The minimum atomic E-state index is 1.02. The van der Waals surface area contributed by atoms with Crippen molar-refractivity contribution < 1.29 is 0 Å². The summed E-state index contributed by atoms with van der Waals surface area (Å²) in [6, 6.07) is 10.2. The molecule has 0 radical (unpaired) electrons. The largest absolute Gasteiger partial charge is 0.100 e. The quantitative estimate of drug-likeness (QED) is 0.437. The van der Waals surface area contributed by atoms with Crippen LogP contribution in [0.2, 0.25) is 0 Å². The molecular weight excluding hydrogens is 216 g/mol. The summed E-state index contributed by atoms with van der Waals surface area (Å²) in [5.41, 5.74) is 4.53. The molecule has 0 unspecified atom stereocenters. The van der Waals surface area contributed by atoms with Gasteiger partial charge < -0.3 is 0 Å². The Hall–Kier alpha value is -1.82. The summed E-state index contributed by atoms with van der Waals surface area (Å²) in [6.45, 7) is 22.3. The third-order valence-electron chi connectivity index (χ3n) is 1.62. The third-order valence-corrected chi connectivity index (χ3v) is 1.62. The van der Waals surface area contributed by atoms with Gasteiger partial charge in [0.1, 0.15) is 0 Å². The fourth-order valence-corrected chi connectivity index (χ4v) is 0.723. The van der Waals surface area contributed by atoms with Gasteiger partial charge in [-0.3, -0.25) is 0 Å². The molecule has 18 heavy (non-hydrogen) atoms. The normalized spacial score (nSPS) is 7.78. The lowest BCUT2D eigenvalue weighted by Crippen LogP contribution is -1.72. The molecule has 0 aliphatic rings. The molecule has 0 aliphatic heterocycles. The van der Waals surface area contributed by atoms with Crippen molar-refractivity contribution in [1.29, 1.82) is 0 Å². The lowest BCUT2D eigenvalue weighted by atomic mass is 10.1. The molecule has 0 heteroatoms. The van der Waals surface area contributed by atoms with Crippen molar-refractivity contribution in [3.63, 3.8) is 0 Å². The van der Waals surface area contributed by atoms with Crippen LogP contribution in [0.4, 0.5) is 0 Å². The van der Waals surface area contributed by atoms with E-state index in [2.05, 4.69) is 38.4 Å². The molecule has 0 aliphatic carbocycles. The Morgan fingerprint density at radius 2 is 1.22 bits per heavy atom. The van der Waals surface area contributed by atoms with Crippen LogP contribution in [0.15, 0.2) is 73.9 Å². The molecule has 0 N–H and O–H groups in total. The second-order valence-electron chi connectivity index (χ2n) is 4.40. The zero-order valence-electron chi connectivity index (χ0n) is 12.3. The van der Waals surface area contributed by atoms with Gasteiger partial charge in [-0.2, -0.15) is 0 Å². The van der Waals surface area contributed by atoms with E-state index in [9.17, 15) is 0 Å². The van der Waals surface area contributed by atoms with Crippen molar-refractivity contribution >= 4 is 5.57 Å². The average molecular weight is 242 g/mol. The van der Waals surface area contributed by atoms with E-state index in [0.717, 1.165) is 11.1 Å². The number of hydrogen-bond donors (Lipinski definition) is 0. The monoisotopic (exact) mass is 242 g/mol. The molecule has 98 valence electrons. The maximum absolute atomic E-state index is 3.83. The maximum Gasteiger partial charge on any atom is -0.0233 e. The van der Waals surface area contributed by atoms with Crippen LogP contribution in [-0.2, 0) is 0 Å². The van der Waals surface area contributed by atoms with Crippen molar-refractivity contribution in [2.45, 2.75) is 27.7 Å². The van der Waals surface area contributed by atoms with Gasteiger partial charge in [0.25, 0.3) is 0 Å². The molecule has 0 atom stereocenters. The van der Waals surface area contributed by atoms with E-state index in [-0.39, 0.29) is 0 Å². The molecule has 1 rings (SSSR count). The summed E-state index contributed by atoms with van der Waals surface area (Å²) >= 11 is 0. The number of benzene rings is 1. The van der Waals surface area contributed by atoms with Gasteiger partial charge in [0.15, 0.2) is 0 Å². The van der Waals surface area contributed by atoms with Gasteiger partial charge in [-0.25, -0.2) is 0 Å². The Labute approximate surface area is 113 Å². The fraction of sp³-hybridized carbons (Fsp3) is 0.222. The average Bonchev–Trinajstić information content (AvgIpc) is 2.30. The summed E-state index contributed by atoms with van der Waals surface area (Å²) in [7, 11) is 0. The Kier molecular flexibility index (Phi) is 12.0. The SMILES string of the molecule is C=C(C)C.C=C(C)c1ccccc1.C=CC(=C)C. The van der Waals surface area contributed by atoms with E-state index in [1.54, 1.807) is 6.08 Å². The molecule has 0 saturated carbocycles. The van der Waals surface area contributed by atoms with E-state index in [0.29, 0.717) is 0 Å². The number of hydrogen-bond acceptors (Lipinski definition) is 0. The molecule has 0 saturated heterocycles. The van der Waals surface area contributed by atoms with Gasteiger partial charge in [-0.1, -0.05) is 72.9 Å². The second kappa shape index (κ2) is 11.7. The fourth-order valence-electron chi connectivity index (χ4n) is 0.723. The van der Waals surface area contributed by atoms with E-state index >= 15 is 0 Å². The zero-order chi connectivity index (χ0) is 14.6. The summed E-state index contributed by atoms with van der Waals surface area (Å²) in [4.78, 5) is 0. The van der Waals surface area contributed by atoms with Gasteiger partial charge in [0, 0.05) is 0 Å². The molecule has 0 aromatic heterocycles. The number of allylic oxidation sites excluding steroid dienone is 4. The van der Waals surface area contributed by atoms with Crippen molar-refractivity contribution in [3.8, 4) is 0 Å². The van der Waals surface area contributed by atoms with E-state index in [1.807, 2.05) is 45.9 Å². The topological polar surface area (TPSA) is 0 Å². The van der Waals surface area contributed by atoms with Gasteiger partial charge in [-0.05, 0) is 33.3 Å². The molecule has 0 amide bonds. The highest BCUT2D eigenvalue weighted by Gasteiger charge is 1.86. The van der Waals surface area contributed by atoms with Crippen LogP contribution >= 0.6 is 0 Å². The van der Waals surface area contributed by atoms with Crippen LogP contribution in [0.5, 0.6) is 0 Å². The van der Waals surface area contributed by atoms with Crippen LogP contribution in [-0.4, -0.2) is 0 Å². The Morgan fingerprint density at radius 1 is 0.889 bits per heavy atom. The first-order valence-corrected chi connectivity index (χ1v) is 5.92. The first kappa shape index (κ1) is 18.5. The van der Waals surface area contributed by atoms with Crippen molar-refractivity contribution in [1.82, 2.24) is 0 Å². The lowest BCUT2D eigenvalue weighted by molar-refractivity contribution is 1.42. The zero-order valence-corrected chi connectivity index (χ0v) is 12.3. The summed E-state index contributed by atoms with van der Waals surface area (Å²) < 4.78 is 0. The molecule has 0 bridgehead atoms. The van der Waals surface area contributed by atoms with Crippen LogP contribution in [0, 0.1) is 0 Å². The maximum atomic E-state index is 3.83. The molecule has 1 aromatic carbocycles. The first-order valence-electron chi connectivity index (χ1n) is 5.92. The second-order valence-corrected chi connectivity index (χ2v) is 4.40. The van der Waals surface area contributed by atoms with Gasteiger partial charge in [-0.15, -0.1) is 6.58 Å². The predicted octanol–water partition coefficient (Wildman–Crippen LogP) is 6.05. The summed E-state index contributed by atoms with van der Waals surface area (Å²) in [5.74, 6) is 0. The predicted molar refractivity (Wildman–Crippen MR) is 86.6 cm³/mol. The number of rotatable bonds is 2. The highest BCUT2D eigenvalue weighted by atomic mass is 13.9. The summed E-state index contributed by atoms with van der Waals surface area (Å²) in [6.07, 6.45) is 1.72. The minimum Gasteiger partial charge on any atom is -0.100 e. The van der Waals surface area contributed by atoms with E-state index < -0.39 is 0 Å². The summed E-state index contributed by atoms with van der Waals surface area (Å²) in [5, 5.41) is 0. The van der Waals surface area contributed by atoms with Gasteiger partial charge >= 0.3 is 0 Å². The molecule has 1 aromatic rings. The third kappa shape index (κ3) is 16.6. The van der Waals surface area contributed by atoms with Crippen molar-refractivity contribution in [2.24, 2.45) is 0 Å². The standard InChI is InChI=1S/C9H10.C5H8.C4H8/c1-8(2)9-6-4-3-5-7-9;1-4-5(2)3;1-4(2)3/h3-7H,1H2,2H3;4H,1-2H2,3H3;1H2,2-3H3. The van der Waals surface area contributed by atoms with E-state index in [1.165, 1.54) is 11.1 Å². The highest BCUT2D eigenvalue weighted by Crippen LogP contribution is 2.08. The Bertz CT molecular complexity index is 376. The van der Waals surface area contributed by atoms with Crippen LogP contribution in [0.3, 0.4) is 0 Å². The highest BCUT2D eigenvalue weighted by molar-refractivity contribution is 5.60. The van der Waals surface area contributed by atoms with Gasteiger partial charge in [0.05, 0.1) is 0 Å². The van der Waals surface area contributed by atoms with Crippen molar-refractivity contribution in [3.05, 3.63) is 79.4 Å². The van der Waals surface area contributed by atoms with Gasteiger partial charge in [0.2, 0.25) is 0 Å². The minimum absolute atomic E-state index is 1.02. The van der Waals surface area contributed by atoms with Crippen LogP contribution < -0.4 is 0 Å². The Morgan fingerprint density at radius 3 is 1.39 bits per heavy atom. The van der Waals surface area contributed by atoms with Crippen LogP contribution in [0.1, 0.15) is 33.3 Å². The van der Waals surface area contributed by atoms with Crippen LogP contribution in [0.25, 0.3) is 5.57 Å². The molecule has 0 nitrogen and oxygen atoms in total. The molecule has 0 fully saturated rings. The lowest BCUT2D eigenvalue weighted by Gasteiger charge is -1.94. The smallest absolute Gasteiger partial charge is 0.0233 e. The molecule has 0 spiro atoms. The molecular formula is C18H26.